The lowest BCUT2D eigenvalue weighted by atomic mass is 10.2. The summed E-state index contributed by atoms with van der Waals surface area (Å²) >= 11 is 11.7. The Balaban J connectivity index is 0.000000703. The molecule has 8 nitrogen and oxygen atoms in total. The lowest BCUT2D eigenvalue weighted by Gasteiger charge is -2.14. The highest BCUT2D eigenvalue weighted by atomic mass is 35.5. The standard InChI is InChI=1S/C15H11Cl2F3N2O3.C2H6O3P/c1-2-21-12-7-9(3-4-13(12)22(23)24)25-14-10(16)5-8(6-11(14)17)15(18,19)20;1-4-6(3)5-2/h3-7,21H,2H2,1H3;1-2H3/q;+1. The number of nitrogens with one attached hydrogen (secondary N) is 1. The van der Waals surface area contributed by atoms with Crippen molar-refractivity contribution in [2.24, 2.45) is 0 Å². The van der Waals surface area contributed by atoms with E-state index in [9.17, 15) is 27.9 Å². The van der Waals surface area contributed by atoms with Crippen molar-refractivity contribution in [3.63, 3.8) is 0 Å². The van der Waals surface area contributed by atoms with E-state index < -0.39 is 24.9 Å². The Kier molecular flexibility index (Phi) is 10.4. The van der Waals surface area contributed by atoms with Crippen molar-refractivity contribution >= 4 is 42.8 Å². The third-order valence-electron chi connectivity index (χ3n) is 3.38. The summed E-state index contributed by atoms with van der Waals surface area (Å²) in [4.78, 5) is 10.4. The summed E-state index contributed by atoms with van der Waals surface area (Å²) < 4.78 is 61.9. The Morgan fingerprint density at radius 1 is 1.13 bits per heavy atom. The fourth-order valence-electron chi connectivity index (χ4n) is 2.08. The molecule has 0 fully saturated rings. The Labute approximate surface area is 186 Å². The molecule has 1 N–H and O–H groups in total. The van der Waals surface area contributed by atoms with Crippen LogP contribution in [0.15, 0.2) is 30.3 Å². The second-order valence-electron chi connectivity index (χ2n) is 5.42. The molecule has 170 valence electrons. The van der Waals surface area contributed by atoms with E-state index in [1.165, 1.54) is 32.4 Å². The molecule has 0 aliphatic heterocycles. The van der Waals surface area contributed by atoms with Gasteiger partial charge < -0.3 is 10.1 Å². The van der Waals surface area contributed by atoms with Gasteiger partial charge in [-0.05, 0) is 25.1 Å². The third-order valence-corrected chi connectivity index (χ3v) is 4.53. The normalized spacial score (nSPS) is 10.7. The second-order valence-corrected chi connectivity index (χ2v) is 7.42. The summed E-state index contributed by atoms with van der Waals surface area (Å²) in [6, 6.07) is 5.23. The van der Waals surface area contributed by atoms with Crippen LogP contribution in [0.5, 0.6) is 11.5 Å². The van der Waals surface area contributed by atoms with Gasteiger partial charge in [-0.1, -0.05) is 23.2 Å². The summed E-state index contributed by atoms with van der Waals surface area (Å²) in [6.45, 7) is 2.17. The molecular formula is C17H17Cl2F3N2O6P+. The molecule has 0 aliphatic carbocycles. The van der Waals surface area contributed by atoms with Gasteiger partial charge in [0.2, 0.25) is 0 Å². The maximum absolute atomic E-state index is 12.7. The van der Waals surface area contributed by atoms with Crippen LogP contribution in [0.2, 0.25) is 10.0 Å². The Bertz CT molecular complexity index is 918. The zero-order chi connectivity index (χ0) is 23.8. The SMILES string of the molecule is CCNc1cc(Oc2c(Cl)cc(C(F)(F)F)cc2Cl)ccc1[N+](=O)[O-].CO[P+](=O)OC. The molecule has 0 saturated carbocycles. The van der Waals surface area contributed by atoms with Gasteiger partial charge in [-0.15, -0.1) is 9.05 Å². The van der Waals surface area contributed by atoms with E-state index in [2.05, 4.69) is 14.4 Å². The molecule has 31 heavy (non-hydrogen) atoms. The molecule has 0 aliphatic rings. The summed E-state index contributed by atoms with van der Waals surface area (Å²) in [5, 5.41) is 13.1. The van der Waals surface area contributed by atoms with Gasteiger partial charge in [0.25, 0.3) is 5.69 Å². The number of ether oxygens (including phenoxy) is 1. The monoisotopic (exact) mass is 503 g/mol. The van der Waals surface area contributed by atoms with E-state index in [-0.39, 0.29) is 32.9 Å². The maximum Gasteiger partial charge on any atom is 0.696 e. The fraction of sp³-hybridized carbons (Fsp3) is 0.294. The topological polar surface area (TPSA) is 99.9 Å². The summed E-state index contributed by atoms with van der Waals surface area (Å²) in [7, 11) is 0.817. The van der Waals surface area contributed by atoms with Gasteiger partial charge in [-0.3, -0.25) is 10.1 Å². The average molecular weight is 504 g/mol. The minimum atomic E-state index is -4.60. The molecule has 0 heterocycles. The fourth-order valence-corrected chi connectivity index (χ4v) is 2.80. The predicted octanol–water partition coefficient (Wildman–Crippen LogP) is 7.08. The quantitative estimate of drug-likeness (QED) is 0.244. The van der Waals surface area contributed by atoms with Crippen molar-refractivity contribution in [3.05, 3.63) is 56.1 Å². The largest absolute Gasteiger partial charge is 0.696 e. The first-order valence-corrected chi connectivity index (χ1v) is 10.1. The molecule has 0 aromatic heterocycles. The Morgan fingerprint density at radius 3 is 2.06 bits per heavy atom. The molecular weight excluding hydrogens is 487 g/mol. The van der Waals surface area contributed by atoms with Crippen LogP contribution in [0.4, 0.5) is 24.5 Å². The van der Waals surface area contributed by atoms with Crippen LogP contribution in [0.25, 0.3) is 0 Å². The first kappa shape index (κ1) is 26.9. The third kappa shape index (κ3) is 8.12. The van der Waals surface area contributed by atoms with E-state index in [4.69, 9.17) is 27.9 Å². The number of benzene rings is 2. The number of hydrogen-bond acceptors (Lipinski definition) is 7. The van der Waals surface area contributed by atoms with Crippen molar-refractivity contribution in [3.8, 4) is 11.5 Å². The number of nitro benzene ring substituents is 1. The molecule has 0 saturated heterocycles. The van der Waals surface area contributed by atoms with Crippen LogP contribution < -0.4 is 10.1 Å². The number of nitrogens with zero attached hydrogens (tertiary/aromatic N) is 1. The minimum absolute atomic E-state index is 0.130. The van der Waals surface area contributed by atoms with Crippen LogP contribution in [0.1, 0.15) is 12.5 Å². The Morgan fingerprint density at radius 2 is 1.68 bits per heavy atom. The van der Waals surface area contributed by atoms with Crippen LogP contribution in [0.3, 0.4) is 0 Å². The second kappa shape index (κ2) is 12.0. The highest BCUT2D eigenvalue weighted by Crippen LogP contribution is 2.42. The van der Waals surface area contributed by atoms with Gasteiger partial charge in [0, 0.05) is 23.2 Å². The highest BCUT2D eigenvalue weighted by molar-refractivity contribution is 7.33. The van der Waals surface area contributed by atoms with Crippen LogP contribution >= 0.6 is 31.5 Å². The van der Waals surface area contributed by atoms with E-state index in [1.807, 2.05) is 0 Å². The summed E-state index contributed by atoms with van der Waals surface area (Å²) in [5.74, 6) is -0.0438. The molecule has 2 aromatic rings. The molecule has 0 unspecified atom stereocenters. The first-order valence-electron chi connectivity index (χ1n) is 8.26. The van der Waals surface area contributed by atoms with Crippen LogP contribution in [-0.2, 0) is 19.8 Å². The number of nitro groups is 1. The molecule has 14 heteroatoms. The molecule has 0 radical (unpaired) electrons. The Hall–Kier alpha value is -2.17. The van der Waals surface area contributed by atoms with Crippen molar-refractivity contribution in [2.45, 2.75) is 13.1 Å². The number of alkyl halides is 3. The zero-order valence-electron chi connectivity index (χ0n) is 16.3. The van der Waals surface area contributed by atoms with Crippen LogP contribution in [0, 0.1) is 10.1 Å². The lowest BCUT2D eigenvalue weighted by Crippen LogP contribution is -2.05. The zero-order valence-corrected chi connectivity index (χ0v) is 18.7. The molecule has 0 spiro atoms. The first-order chi connectivity index (χ1) is 14.4. The average Bonchev–Trinajstić information content (AvgIpc) is 2.70. The molecule has 0 atom stereocenters. The van der Waals surface area contributed by atoms with Crippen molar-refractivity contribution in [1.82, 2.24) is 0 Å². The molecule has 0 amide bonds. The van der Waals surface area contributed by atoms with Gasteiger partial charge in [-0.2, -0.15) is 13.2 Å². The minimum Gasteiger partial charge on any atom is -0.454 e. The van der Waals surface area contributed by atoms with Crippen LogP contribution in [-0.4, -0.2) is 25.7 Å². The maximum atomic E-state index is 12.7. The molecule has 0 bridgehead atoms. The van der Waals surface area contributed by atoms with Crippen molar-refractivity contribution in [2.75, 3.05) is 26.1 Å². The van der Waals surface area contributed by atoms with Crippen molar-refractivity contribution in [1.29, 1.82) is 0 Å². The van der Waals surface area contributed by atoms with E-state index in [0.29, 0.717) is 18.7 Å². The number of halogens is 5. The van der Waals surface area contributed by atoms with Gasteiger partial charge in [0.05, 0.1) is 34.8 Å². The van der Waals surface area contributed by atoms with Gasteiger partial charge in [-0.25, -0.2) is 0 Å². The molecule has 2 rings (SSSR count). The highest BCUT2D eigenvalue weighted by Gasteiger charge is 2.32. The van der Waals surface area contributed by atoms with Gasteiger partial charge >= 0.3 is 14.4 Å². The number of rotatable bonds is 7. The van der Waals surface area contributed by atoms with E-state index in [1.54, 1.807) is 6.92 Å². The smallest absolute Gasteiger partial charge is 0.454 e. The van der Waals surface area contributed by atoms with E-state index in [0.717, 1.165) is 0 Å². The summed E-state index contributed by atoms with van der Waals surface area (Å²) in [6.07, 6.45) is -4.60. The molecule has 2 aromatic carbocycles. The predicted molar refractivity (Wildman–Crippen MR) is 110 cm³/mol. The number of hydrogen-bond donors (Lipinski definition) is 1. The van der Waals surface area contributed by atoms with Gasteiger partial charge in [0.1, 0.15) is 11.4 Å². The summed E-state index contributed by atoms with van der Waals surface area (Å²) in [5.41, 5.74) is -0.977. The van der Waals surface area contributed by atoms with Gasteiger partial charge in [0.15, 0.2) is 5.75 Å². The number of anilines is 1. The van der Waals surface area contributed by atoms with E-state index >= 15 is 0 Å². The van der Waals surface area contributed by atoms with Crippen molar-refractivity contribution < 1.29 is 36.4 Å². The lowest BCUT2D eigenvalue weighted by molar-refractivity contribution is -0.384.